The van der Waals surface area contributed by atoms with Crippen LogP contribution < -0.4 is 0 Å². The zero-order chi connectivity index (χ0) is 18.3. The van der Waals surface area contributed by atoms with E-state index in [1.54, 1.807) is 33.5 Å². The maximum absolute atomic E-state index is 2.31. The van der Waals surface area contributed by atoms with Crippen molar-refractivity contribution in [2.24, 2.45) is 0 Å². The average Bonchev–Trinajstić information content (AvgIpc) is 2.63. The Hall–Kier alpha value is 0.935. The van der Waals surface area contributed by atoms with E-state index >= 15 is 0 Å². The first-order valence-electron chi connectivity index (χ1n) is 12.4. The molecule has 0 atom stereocenters. The Balaban J connectivity index is 2.94. The molecule has 148 valence electrons. The van der Waals surface area contributed by atoms with Crippen molar-refractivity contribution in [1.29, 1.82) is 0 Å². The molecule has 0 aliphatic rings. The van der Waals surface area contributed by atoms with Gasteiger partial charge in [0.1, 0.15) is 0 Å². The van der Waals surface area contributed by atoms with Gasteiger partial charge in [-0.1, -0.05) is 0 Å². The van der Waals surface area contributed by atoms with Crippen molar-refractivity contribution in [3.63, 3.8) is 0 Å². The van der Waals surface area contributed by atoms with Gasteiger partial charge in [0, 0.05) is 0 Å². The van der Waals surface area contributed by atoms with Crippen LogP contribution in [0.2, 0.25) is 7.86 Å². The van der Waals surface area contributed by atoms with Crippen molar-refractivity contribution in [1.82, 2.24) is 0 Å². The van der Waals surface area contributed by atoms with Gasteiger partial charge in [0.15, 0.2) is 0 Å². The van der Waals surface area contributed by atoms with E-state index in [4.69, 9.17) is 0 Å². The van der Waals surface area contributed by atoms with Crippen molar-refractivity contribution in [3.8, 4) is 0 Å². The molecule has 0 radical (unpaired) electrons. The second-order valence-corrected chi connectivity index (χ2v) is 16.7. The van der Waals surface area contributed by atoms with Crippen molar-refractivity contribution < 1.29 is 24.6 Å². The standard InChI is InChI=1S/2C12H25.Hg/c2*1-3-5-7-9-11-12-10-8-6-4-2;/h2*1,3-12H2,2H3;. The molecule has 0 amide bonds. The first-order chi connectivity index (χ1) is 12.4. The molecule has 0 bridgehead atoms. The second kappa shape index (κ2) is 24.9. The quantitative estimate of drug-likeness (QED) is 0.0950. The maximum atomic E-state index is 2.31. The summed E-state index contributed by atoms with van der Waals surface area (Å²) < 4.78 is 3.43. The molecule has 0 spiro atoms. The SMILES string of the molecule is CCCCCCCCCCC[CH2][Hg][CH2]CCCCCCCCCCC. The third-order valence-corrected chi connectivity index (χ3v) is 13.5. The molecule has 0 rings (SSSR count). The van der Waals surface area contributed by atoms with Gasteiger partial charge in [0.25, 0.3) is 0 Å². The number of rotatable bonds is 22. The molecule has 0 aromatic heterocycles. The Morgan fingerprint density at radius 3 is 0.840 bits per heavy atom. The molecule has 0 fully saturated rings. The van der Waals surface area contributed by atoms with E-state index < -0.39 is 24.6 Å². The summed E-state index contributed by atoms with van der Waals surface area (Å²) in [5.41, 5.74) is 0. The van der Waals surface area contributed by atoms with E-state index in [0.29, 0.717) is 0 Å². The van der Waals surface area contributed by atoms with Crippen LogP contribution in [0.1, 0.15) is 142 Å². The third-order valence-electron chi connectivity index (χ3n) is 5.71. The third kappa shape index (κ3) is 24.9. The summed E-state index contributed by atoms with van der Waals surface area (Å²) in [6, 6.07) is 0. The molecule has 0 heterocycles. The summed E-state index contributed by atoms with van der Waals surface area (Å²) in [5.74, 6) is 0. The van der Waals surface area contributed by atoms with E-state index in [-0.39, 0.29) is 0 Å². The molecule has 1 heteroatoms. The van der Waals surface area contributed by atoms with E-state index in [1.807, 2.05) is 0 Å². The monoisotopic (exact) mass is 540 g/mol. The molecule has 0 aliphatic carbocycles. The molecule has 0 saturated heterocycles. The number of hydrogen-bond acceptors (Lipinski definition) is 0. The zero-order valence-corrected chi connectivity index (χ0v) is 23.8. The summed E-state index contributed by atoms with van der Waals surface area (Å²) in [7, 11) is 0. The van der Waals surface area contributed by atoms with Gasteiger partial charge in [0.05, 0.1) is 0 Å². The topological polar surface area (TPSA) is 0 Å². The van der Waals surface area contributed by atoms with Crippen LogP contribution in [0.5, 0.6) is 0 Å². The van der Waals surface area contributed by atoms with Gasteiger partial charge >= 0.3 is 175 Å². The van der Waals surface area contributed by atoms with Gasteiger partial charge in [-0.2, -0.15) is 0 Å². The Kier molecular flexibility index (Phi) is 25.9. The van der Waals surface area contributed by atoms with Crippen molar-refractivity contribution in [3.05, 3.63) is 0 Å². The molecular formula is C24H50Hg. The van der Waals surface area contributed by atoms with Crippen LogP contribution in [0.25, 0.3) is 0 Å². The van der Waals surface area contributed by atoms with Crippen LogP contribution in [0.4, 0.5) is 0 Å². The van der Waals surface area contributed by atoms with Crippen LogP contribution in [0.3, 0.4) is 0 Å². The average molecular weight is 539 g/mol. The Morgan fingerprint density at radius 2 is 0.560 bits per heavy atom. The van der Waals surface area contributed by atoms with Gasteiger partial charge in [-0.05, 0) is 0 Å². The molecule has 0 aromatic rings. The summed E-state index contributed by atoms with van der Waals surface area (Å²) in [6.45, 7) is 4.61. The van der Waals surface area contributed by atoms with Crippen molar-refractivity contribution in [2.45, 2.75) is 150 Å². The predicted molar refractivity (Wildman–Crippen MR) is 113 cm³/mol. The van der Waals surface area contributed by atoms with Crippen LogP contribution >= 0.6 is 0 Å². The summed E-state index contributed by atoms with van der Waals surface area (Å²) >= 11 is -0.410. The minimum atomic E-state index is -0.410. The minimum absolute atomic E-state index is 0.410. The Labute approximate surface area is 174 Å². The first-order valence-corrected chi connectivity index (χ1v) is 20.2. The van der Waals surface area contributed by atoms with Gasteiger partial charge < -0.3 is 0 Å². The molecule has 0 nitrogen and oxygen atoms in total. The first kappa shape index (κ1) is 25.9. The summed E-state index contributed by atoms with van der Waals surface area (Å²) in [6.07, 6.45) is 30.0. The van der Waals surface area contributed by atoms with Crippen LogP contribution in [-0.4, -0.2) is 0 Å². The van der Waals surface area contributed by atoms with Gasteiger partial charge in [-0.25, -0.2) is 0 Å². The van der Waals surface area contributed by atoms with E-state index in [0.717, 1.165) is 0 Å². The van der Waals surface area contributed by atoms with Crippen LogP contribution in [-0.2, 0) is 24.6 Å². The molecule has 0 N–H and O–H groups in total. The Morgan fingerprint density at radius 1 is 0.320 bits per heavy atom. The molecule has 0 saturated carbocycles. The zero-order valence-electron chi connectivity index (χ0n) is 18.3. The molecule has 0 aromatic carbocycles. The fourth-order valence-electron chi connectivity index (χ4n) is 3.86. The Bertz CT molecular complexity index is 192. The fourth-order valence-corrected chi connectivity index (χ4v) is 10.7. The van der Waals surface area contributed by atoms with Crippen molar-refractivity contribution in [2.75, 3.05) is 0 Å². The van der Waals surface area contributed by atoms with Gasteiger partial charge in [0.2, 0.25) is 0 Å². The van der Waals surface area contributed by atoms with Gasteiger partial charge in [-0.15, -0.1) is 0 Å². The number of unbranched alkanes of at least 4 members (excludes halogenated alkanes) is 18. The molecule has 0 unspecified atom stereocenters. The molecular weight excluding hydrogens is 489 g/mol. The normalized spacial score (nSPS) is 11.0. The van der Waals surface area contributed by atoms with Crippen LogP contribution in [0, 0.1) is 0 Å². The van der Waals surface area contributed by atoms with E-state index in [1.165, 1.54) is 103 Å². The van der Waals surface area contributed by atoms with Crippen LogP contribution in [0.15, 0.2) is 0 Å². The van der Waals surface area contributed by atoms with Gasteiger partial charge in [-0.3, -0.25) is 0 Å². The predicted octanol–water partition coefficient (Wildman–Crippen LogP) is 9.75. The molecule has 0 aliphatic heterocycles. The van der Waals surface area contributed by atoms with E-state index in [9.17, 15) is 0 Å². The van der Waals surface area contributed by atoms with E-state index in [2.05, 4.69) is 13.8 Å². The molecule has 25 heavy (non-hydrogen) atoms. The summed E-state index contributed by atoms with van der Waals surface area (Å²) in [5, 5.41) is 0. The fraction of sp³-hybridized carbons (Fsp3) is 1.00. The number of hydrogen-bond donors (Lipinski definition) is 0. The second-order valence-electron chi connectivity index (χ2n) is 8.42. The van der Waals surface area contributed by atoms with Crippen molar-refractivity contribution >= 4 is 0 Å². The summed E-state index contributed by atoms with van der Waals surface area (Å²) in [4.78, 5) is 0.